The molecule has 5 nitrogen and oxygen atoms in total. The quantitative estimate of drug-likeness (QED) is 0.175. The summed E-state index contributed by atoms with van der Waals surface area (Å²) in [6.45, 7) is 4.68. The van der Waals surface area contributed by atoms with Crippen LogP contribution in [0.2, 0.25) is 0 Å². The summed E-state index contributed by atoms with van der Waals surface area (Å²) in [4.78, 5) is 17.5. The molecule has 3 heterocycles. The van der Waals surface area contributed by atoms with Gasteiger partial charge in [0.15, 0.2) is 0 Å². The van der Waals surface area contributed by atoms with Crippen molar-refractivity contribution in [1.82, 2.24) is 19.4 Å². The summed E-state index contributed by atoms with van der Waals surface area (Å²) in [6.07, 6.45) is 4.16. The van der Waals surface area contributed by atoms with Crippen molar-refractivity contribution in [3.63, 3.8) is 0 Å². The molecule has 1 aliphatic rings. The van der Waals surface area contributed by atoms with E-state index in [0.717, 1.165) is 67.5 Å². The summed E-state index contributed by atoms with van der Waals surface area (Å²) in [5.41, 5.74) is 16.9. The van der Waals surface area contributed by atoms with Gasteiger partial charge < -0.3 is 9.30 Å². The van der Waals surface area contributed by atoms with Gasteiger partial charge in [0.1, 0.15) is 5.65 Å². The van der Waals surface area contributed by atoms with E-state index in [4.69, 9.17) is 15.0 Å². The highest BCUT2D eigenvalue weighted by atomic mass is 15.1. The normalized spacial score (nSPS) is 12.9. The van der Waals surface area contributed by atoms with Crippen molar-refractivity contribution in [2.75, 3.05) is 4.90 Å². The Morgan fingerprint density at radius 1 is 0.472 bits per heavy atom. The molecule has 3 aromatic heterocycles. The molecule has 0 amide bonds. The predicted octanol–water partition coefficient (Wildman–Crippen LogP) is 12.1. The lowest BCUT2D eigenvalue weighted by Crippen LogP contribution is -2.16. The van der Waals surface area contributed by atoms with Gasteiger partial charge in [-0.25, -0.2) is 15.0 Å². The maximum Gasteiger partial charge on any atom is 0.137 e. The number of imidazole rings is 1. The number of nitrogens with zero attached hydrogens (tertiary/aromatic N) is 5. The molecular weight excluding hydrogens is 647 g/mol. The van der Waals surface area contributed by atoms with Crippen LogP contribution in [0, 0.1) is 0 Å². The van der Waals surface area contributed by atoms with Crippen LogP contribution in [0.5, 0.6) is 0 Å². The lowest BCUT2D eigenvalue weighted by Gasteiger charge is -2.28. The average Bonchev–Trinajstić information content (AvgIpc) is 3.75. The number of fused-ring (bicyclic) bond motifs is 5. The minimum Gasteiger partial charge on any atom is -0.310 e. The van der Waals surface area contributed by atoms with Gasteiger partial charge in [0.2, 0.25) is 0 Å². The van der Waals surface area contributed by atoms with Crippen LogP contribution >= 0.6 is 0 Å². The van der Waals surface area contributed by atoms with E-state index in [2.05, 4.69) is 132 Å². The van der Waals surface area contributed by atoms with Crippen LogP contribution in [0.1, 0.15) is 25.0 Å². The standard InChI is InChI=1S/C48H35N5/c1-48(2)40-29-34(44-31-52-28-12-11-19-45(52)49-44)22-26-38(40)39-27-25-37(30-41(39)48)53(35-15-7-4-8-16-35)36-23-20-33(21-24-36)47-46(32-13-5-3-6-14-32)50-42-17-9-10-18-43(42)51-47/h3-31H,1-2H3. The third-order valence-electron chi connectivity index (χ3n) is 10.6. The maximum atomic E-state index is 5.14. The molecule has 0 N–H and O–H groups in total. The highest BCUT2D eigenvalue weighted by Crippen LogP contribution is 2.51. The molecule has 5 heteroatoms. The summed E-state index contributed by atoms with van der Waals surface area (Å²) in [6, 6.07) is 57.6. The average molecular weight is 682 g/mol. The number of pyridine rings is 1. The molecule has 1 aliphatic carbocycles. The molecule has 6 aromatic carbocycles. The largest absolute Gasteiger partial charge is 0.310 e. The summed E-state index contributed by atoms with van der Waals surface area (Å²) in [5.74, 6) is 0. The Labute approximate surface area is 308 Å². The summed E-state index contributed by atoms with van der Waals surface area (Å²) in [7, 11) is 0. The first-order chi connectivity index (χ1) is 26.0. The van der Waals surface area contributed by atoms with E-state index in [1.54, 1.807) is 0 Å². The van der Waals surface area contributed by atoms with Crippen LogP contribution in [-0.2, 0) is 5.41 Å². The topological polar surface area (TPSA) is 46.3 Å². The van der Waals surface area contributed by atoms with E-state index in [0.29, 0.717) is 0 Å². The van der Waals surface area contributed by atoms with Crippen molar-refractivity contribution in [1.29, 1.82) is 0 Å². The van der Waals surface area contributed by atoms with Crippen LogP contribution in [0.3, 0.4) is 0 Å². The number of aromatic nitrogens is 4. The Hall–Kier alpha value is -6.85. The molecule has 0 atom stereocenters. The van der Waals surface area contributed by atoms with E-state index in [1.807, 2.05) is 66.9 Å². The first kappa shape index (κ1) is 30.9. The number of hydrogen-bond donors (Lipinski definition) is 0. The molecule has 53 heavy (non-hydrogen) atoms. The summed E-state index contributed by atoms with van der Waals surface area (Å²) in [5, 5.41) is 0. The van der Waals surface area contributed by atoms with Crippen LogP contribution < -0.4 is 4.90 Å². The molecule has 0 aliphatic heterocycles. The maximum absolute atomic E-state index is 5.14. The van der Waals surface area contributed by atoms with Crippen LogP contribution in [-0.4, -0.2) is 19.4 Å². The Bertz CT molecular complexity index is 2770. The zero-order chi connectivity index (χ0) is 35.5. The molecule has 0 unspecified atom stereocenters. The molecule has 0 saturated carbocycles. The Kier molecular flexibility index (Phi) is 7.08. The number of anilines is 3. The van der Waals surface area contributed by atoms with E-state index < -0.39 is 0 Å². The highest BCUT2D eigenvalue weighted by molar-refractivity contribution is 5.89. The molecule has 0 bridgehead atoms. The number of hydrogen-bond acceptors (Lipinski definition) is 4. The van der Waals surface area contributed by atoms with E-state index in [1.165, 1.54) is 22.3 Å². The lowest BCUT2D eigenvalue weighted by atomic mass is 9.81. The molecule has 9 aromatic rings. The molecule has 0 fully saturated rings. The second-order valence-corrected chi connectivity index (χ2v) is 14.2. The zero-order valence-electron chi connectivity index (χ0n) is 29.5. The summed E-state index contributed by atoms with van der Waals surface area (Å²) < 4.78 is 2.08. The first-order valence-corrected chi connectivity index (χ1v) is 18.0. The second kappa shape index (κ2) is 12.1. The van der Waals surface area contributed by atoms with Gasteiger partial charge in [-0.1, -0.05) is 111 Å². The lowest BCUT2D eigenvalue weighted by molar-refractivity contribution is 0.660. The fourth-order valence-corrected chi connectivity index (χ4v) is 7.89. The van der Waals surface area contributed by atoms with Crippen molar-refractivity contribution in [2.45, 2.75) is 19.3 Å². The van der Waals surface area contributed by atoms with Gasteiger partial charge in [-0.3, -0.25) is 0 Å². The smallest absolute Gasteiger partial charge is 0.137 e. The van der Waals surface area contributed by atoms with Crippen LogP contribution in [0.4, 0.5) is 17.1 Å². The number of benzene rings is 6. The molecule has 0 spiro atoms. The molecular formula is C48H35N5. The SMILES string of the molecule is CC1(C)c2cc(-c3cn4ccccc4n3)ccc2-c2ccc(N(c3ccccc3)c3ccc(-c4nc5ccccc5nc4-c4ccccc4)cc3)cc21. The third-order valence-corrected chi connectivity index (χ3v) is 10.6. The number of para-hydroxylation sites is 3. The predicted molar refractivity (Wildman–Crippen MR) is 217 cm³/mol. The van der Waals surface area contributed by atoms with Gasteiger partial charge in [0.25, 0.3) is 0 Å². The number of rotatable bonds is 6. The Balaban J connectivity index is 1.05. The Morgan fingerprint density at radius 2 is 1.02 bits per heavy atom. The molecule has 252 valence electrons. The van der Waals surface area contributed by atoms with Crippen molar-refractivity contribution in [2.24, 2.45) is 0 Å². The van der Waals surface area contributed by atoms with Crippen molar-refractivity contribution < 1.29 is 0 Å². The van der Waals surface area contributed by atoms with Crippen LogP contribution in [0.15, 0.2) is 176 Å². The van der Waals surface area contributed by atoms with E-state index in [-0.39, 0.29) is 5.41 Å². The highest BCUT2D eigenvalue weighted by Gasteiger charge is 2.36. The van der Waals surface area contributed by atoms with Crippen LogP contribution in [0.25, 0.3) is 61.6 Å². The monoisotopic (exact) mass is 681 g/mol. The second-order valence-electron chi connectivity index (χ2n) is 14.2. The van der Waals surface area contributed by atoms with Gasteiger partial charge in [0.05, 0.1) is 28.1 Å². The fraction of sp³-hybridized carbons (Fsp3) is 0.0625. The van der Waals surface area contributed by atoms with Gasteiger partial charge in [-0.15, -0.1) is 0 Å². The first-order valence-electron chi connectivity index (χ1n) is 18.0. The van der Waals surface area contributed by atoms with Crippen molar-refractivity contribution in [3.8, 4) is 44.9 Å². The van der Waals surface area contributed by atoms with E-state index in [9.17, 15) is 0 Å². The summed E-state index contributed by atoms with van der Waals surface area (Å²) >= 11 is 0. The van der Waals surface area contributed by atoms with E-state index >= 15 is 0 Å². The van der Waals surface area contributed by atoms with Gasteiger partial charge in [0, 0.05) is 51.6 Å². The Morgan fingerprint density at radius 3 is 1.72 bits per heavy atom. The zero-order valence-corrected chi connectivity index (χ0v) is 29.5. The fourth-order valence-electron chi connectivity index (χ4n) is 7.89. The van der Waals surface area contributed by atoms with Gasteiger partial charge in [-0.05, 0) is 89.0 Å². The van der Waals surface area contributed by atoms with Gasteiger partial charge in [-0.2, -0.15) is 0 Å². The minimum atomic E-state index is -0.204. The minimum absolute atomic E-state index is 0.204. The molecule has 0 saturated heterocycles. The van der Waals surface area contributed by atoms with Crippen molar-refractivity contribution in [3.05, 3.63) is 187 Å². The third kappa shape index (κ3) is 5.20. The van der Waals surface area contributed by atoms with Crippen molar-refractivity contribution >= 4 is 33.7 Å². The molecule has 10 rings (SSSR count). The van der Waals surface area contributed by atoms with Gasteiger partial charge >= 0.3 is 0 Å². The molecule has 0 radical (unpaired) electrons.